The van der Waals surface area contributed by atoms with Crippen LogP contribution in [-0.4, -0.2) is 0 Å². The fourth-order valence-corrected chi connectivity index (χ4v) is 20.9. The van der Waals surface area contributed by atoms with Gasteiger partial charge in [-0.3, -0.25) is 0 Å². The van der Waals surface area contributed by atoms with Crippen molar-refractivity contribution >= 4 is 55.7 Å². The lowest BCUT2D eigenvalue weighted by atomic mass is 9.79. The molecule has 0 spiro atoms. The molecule has 0 N–H and O–H groups in total. The first kappa shape index (κ1) is 64.6. The Morgan fingerprint density at radius 3 is 0.745 bits per heavy atom. The van der Waals surface area contributed by atoms with Crippen molar-refractivity contribution in [1.29, 1.82) is 0 Å². The van der Waals surface area contributed by atoms with Gasteiger partial charge >= 0.3 is 0 Å². The number of rotatable bonds is 19. The lowest BCUT2D eigenvalue weighted by Crippen LogP contribution is -2.18. The molecule has 0 saturated heterocycles. The molecular formula is C92H120N2. The minimum atomic E-state index is 0.620. The fourth-order valence-electron chi connectivity index (χ4n) is 20.9. The summed E-state index contributed by atoms with van der Waals surface area (Å²) in [4.78, 5) is 5.94. The Kier molecular flexibility index (Phi) is 21.3. The molecule has 15 rings (SSSR count). The maximum absolute atomic E-state index is 2.98. The van der Waals surface area contributed by atoms with Crippen LogP contribution in [0.4, 0.5) is 34.1 Å². The van der Waals surface area contributed by atoms with Gasteiger partial charge in [-0.2, -0.15) is 0 Å². The highest BCUT2D eigenvalue weighted by atomic mass is 15.2. The molecule has 94 heavy (non-hydrogen) atoms. The Bertz CT molecular complexity index is 3300. The van der Waals surface area contributed by atoms with Crippen LogP contribution < -0.4 is 9.80 Å². The highest BCUT2D eigenvalue weighted by Gasteiger charge is 2.33. The lowest BCUT2D eigenvalue weighted by molar-refractivity contribution is 0.435. The van der Waals surface area contributed by atoms with E-state index in [1.54, 1.807) is 44.5 Å². The molecule has 2 nitrogen and oxygen atoms in total. The van der Waals surface area contributed by atoms with Crippen LogP contribution in [0.5, 0.6) is 0 Å². The molecule has 2 heteroatoms. The Morgan fingerprint density at radius 1 is 0.245 bits per heavy atom. The molecule has 0 bridgehead atoms. The fraction of sp³-hybridized carbons (Fsp3) is 0.587. The first-order valence-electron chi connectivity index (χ1n) is 40.7. The van der Waals surface area contributed by atoms with Crippen LogP contribution in [0, 0.1) is 0 Å². The SMILES string of the molecule is CCCCCCc1ccc2c(N(c3cc(C4CCCCC4)cc(C4CCCCC4)c3)c3cc(C4CCCCC4)cc(C4CCCCC4)c3)c3ccccc3c(N(c3cc(C4CCCCC4)cc(C4CCCCC4)c3)c3cc(C4CCCCC4)cc(C4CCCCC4)c3)c2c1. The summed E-state index contributed by atoms with van der Waals surface area (Å²) in [5.41, 5.74) is 23.1. The van der Waals surface area contributed by atoms with Gasteiger partial charge in [-0.05, 0) is 268 Å². The summed E-state index contributed by atoms with van der Waals surface area (Å²) in [6.45, 7) is 2.38. The predicted octanol–water partition coefficient (Wildman–Crippen LogP) is 29.4. The average molecular weight is 1250 g/mol. The molecule has 8 aliphatic rings. The van der Waals surface area contributed by atoms with Gasteiger partial charge in [0.2, 0.25) is 0 Å². The number of nitrogens with zero attached hydrogens (tertiary/aromatic N) is 2. The lowest BCUT2D eigenvalue weighted by Gasteiger charge is -2.36. The quantitative estimate of drug-likeness (QED) is 0.0452. The maximum atomic E-state index is 2.98. The molecular weight excluding hydrogens is 1130 g/mol. The maximum Gasteiger partial charge on any atom is 0.0620 e. The highest BCUT2D eigenvalue weighted by molar-refractivity contribution is 6.23. The smallest absolute Gasteiger partial charge is 0.0620 e. The van der Waals surface area contributed by atoms with Crippen LogP contribution in [0.25, 0.3) is 21.5 Å². The molecule has 0 aliphatic heterocycles. The van der Waals surface area contributed by atoms with Crippen LogP contribution >= 0.6 is 0 Å². The number of anilines is 6. The number of unbranched alkanes of at least 4 members (excludes halogenated alkanes) is 3. The highest BCUT2D eigenvalue weighted by Crippen LogP contribution is 2.56. The summed E-state index contributed by atoms with van der Waals surface area (Å²) in [6.07, 6.45) is 60.2. The minimum Gasteiger partial charge on any atom is -0.309 e. The number of aryl methyl sites for hydroxylation is 1. The number of hydrogen-bond donors (Lipinski definition) is 0. The summed E-state index contributed by atoms with van der Waals surface area (Å²) in [5.74, 6) is 4.96. The largest absolute Gasteiger partial charge is 0.309 e. The molecule has 8 saturated carbocycles. The zero-order valence-electron chi connectivity index (χ0n) is 58.8. The first-order chi connectivity index (χ1) is 46.6. The third-order valence-electron chi connectivity index (χ3n) is 26.3. The number of hydrogen-bond acceptors (Lipinski definition) is 2. The van der Waals surface area contributed by atoms with Gasteiger partial charge in [0, 0.05) is 44.3 Å². The standard InChI is InChI=1S/C92H120N2/c1-2-3-4-13-32-66-51-52-89-90(53-66)92(94(85-62-79(71-41-22-9-23-42-71)56-80(63-85)72-43-24-10-25-44-72)86-64-81(73-45-26-11-27-46-73)57-82(65-86)74-47-28-12-29-48-74)88-50-31-30-49-87(88)91(89)93(83-58-75(67-33-14-5-15-34-67)54-76(59-83)68-35-16-6-17-36-68)84-60-77(69-37-18-7-19-38-69)55-78(61-84)70-39-20-8-21-40-70/h30-31,49-65,67-74H,2-29,32-48H2,1H3. The molecule has 0 atom stereocenters. The molecule has 0 radical (unpaired) electrons. The van der Waals surface area contributed by atoms with E-state index in [-0.39, 0.29) is 0 Å². The van der Waals surface area contributed by atoms with Gasteiger partial charge in [0.25, 0.3) is 0 Å². The van der Waals surface area contributed by atoms with Gasteiger partial charge in [-0.15, -0.1) is 0 Å². The summed E-state index contributed by atoms with van der Waals surface area (Å²) in [6, 6.07) is 51.6. The third-order valence-corrected chi connectivity index (χ3v) is 26.3. The predicted molar refractivity (Wildman–Crippen MR) is 405 cm³/mol. The zero-order valence-corrected chi connectivity index (χ0v) is 58.8. The van der Waals surface area contributed by atoms with E-state index in [0.717, 1.165) is 6.42 Å². The summed E-state index contributed by atoms with van der Waals surface area (Å²) in [5, 5.41) is 5.69. The Labute approximate surface area is 570 Å². The molecule has 7 aromatic rings. The monoisotopic (exact) mass is 1250 g/mol. The molecule has 0 aromatic heterocycles. The van der Waals surface area contributed by atoms with E-state index < -0.39 is 0 Å². The zero-order chi connectivity index (χ0) is 63.0. The second kappa shape index (κ2) is 31.0. The van der Waals surface area contributed by atoms with Crippen LogP contribution in [0.15, 0.2) is 115 Å². The third kappa shape index (κ3) is 14.6. The van der Waals surface area contributed by atoms with Crippen molar-refractivity contribution in [1.82, 2.24) is 0 Å². The van der Waals surface area contributed by atoms with Gasteiger partial charge in [0.05, 0.1) is 11.4 Å². The van der Waals surface area contributed by atoms with Gasteiger partial charge in [0.1, 0.15) is 0 Å². The topological polar surface area (TPSA) is 6.48 Å². The van der Waals surface area contributed by atoms with E-state index in [0.29, 0.717) is 47.3 Å². The average Bonchev–Trinajstić information content (AvgIpc) is 0.718. The van der Waals surface area contributed by atoms with E-state index in [4.69, 9.17) is 0 Å². The van der Waals surface area contributed by atoms with E-state index in [1.807, 2.05) is 0 Å². The minimum absolute atomic E-state index is 0.620. The molecule has 8 aliphatic carbocycles. The second-order valence-corrected chi connectivity index (χ2v) is 32.7. The molecule has 0 heterocycles. The normalized spacial score (nSPS) is 21.1. The van der Waals surface area contributed by atoms with Crippen LogP contribution in [0.3, 0.4) is 0 Å². The van der Waals surface area contributed by atoms with E-state index in [1.165, 1.54) is 344 Å². The molecule has 498 valence electrons. The molecule has 7 aromatic carbocycles. The number of benzene rings is 7. The van der Waals surface area contributed by atoms with Crippen molar-refractivity contribution < 1.29 is 0 Å². The molecule has 8 fully saturated rings. The van der Waals surface area contributed by atoms with Gasteiger partial charge in [-0.25, -0.2) is 0 Å². The van der Waals surface area contributed by atoms with Crippen molar-refractivity contribution in [2.45, 2.75) is 343 Å². The Morgan fingerprint density at radius 2 is 0.489 bits per heavy atom. The first-order valence-corrected chi connectivity index (χ1v) is 40.7. The second-order valence-electron chi connectivity index (χ2n) is 32.7. The molecule has 0 unspecified atom stereocenters. The summed E-state index contributed by atoms with van der Waals surface area (Å²) >= 11 is 0. The Balaban J connectivity index is 1.04. The number of fused-ring (bicyclic) bond motifs is 2. The van der Waals surface area contributed by atoms with Crippen LogP contribution in [0.2, 0.25) is 0 Å². The summed E-state index contributed by atoms with van der Waals surface area (Å²) in [7, 11) is 0. The van der Waals surface area contributed by atoms with Crippen molar-refractivity contribution in [3.8, 4) is 0 Å². The van der Waals surface area contributed by atoms with Crippen molar-refractivity contribution in [2.75, 3.05) is 9.80 Å². The van der Waals surface area contributed by atoms with Crippen molar-refractivity contribution in [2.24, 2.45) is 0 Å². The van der Waals surface area contributed by atoms with E-state index >= 15 is 0 Å². The summed E-state index contributed by atoms with van der Waals surface area (Å²) < 4.78 is 0. The van der Waals surface area contributed by atoms with Gasteiger partial charge in [-0.1, -0.05) is 241 Å². The van der Waals surface area contributed by atoms with Crippen molar-refractivity contribution in [3.05, 3.63) is 165 Å². The van der Waals surface area contributed by atoms with Crippen LogP contribution in [-0.2, 0) is 6.42 Å². The van der Waals surface area contributed by atoms with E-state index in [9.17, 15) is 0 Å². The Hall–Kier alpha value is -5.34. The van der Waals surface area contributed by atoms with Gasteiger partial charge in [0.15, 0.2) is 0 Å². The van der Waals surface area contributed by atoms with Gasteiger partial charge < -0.3 is 9.80 Å². The van der Waals surface area contributed by atoms with E-state index in [2.05, 4.69) is 132 Å². The molecule has 0 amide bonds. The van der Waals surface area contributed by atoms with Crippen molar-refractivity contribution in [3.63, 3.8) is 0 Å². The van der Waals surface area contributed by atoms with Crippen LogP contribution in [0.1, 0.15) is 387 Å².